The second-order valence-corrected chi connectivity index (χ2v) is 4.72. The summed E-state index contributed by atoms with van der Waals surface area (Å²) in [5.41, 5.74) is 9.30. The molecule has 0 aromatic heterocycles. The molecule has 2 aromatic rings. The molecule has 0 bridgehead atoms. The molecule has 1 amide bonds. The maximum atomic E-state index is 11.4. The highest BCUT2D eigenvalue weighted by Gasteiger charge is 2.21. The number of nitrogens with two attached hydrogens (primary N) is 1. The summed E-state index contributed by atoms with van der Waals surface area (Å²) in [4.78, 5) is 11.4. The van der Waals surface area contributed by atoms with Crippen LogP contribution in [0.5, 0.6) is 5.75 Å². The highest BCUT2D eigenvalue weighted by molar-refractivity contribution is 5.81. The smallest absolute Gasteiger partial charge is 0.251 e. The standard InChI is InChI=1S/C16H15NO3/c1-19-15(16(17)18)10-6-7-12-11(8-10)9-20-14-5-3-2-4-13(12)14/h2-8,15H,9H2,1H3,(H2,17,18). The van der Waals surface area contributed by atoms with Crippen molar-refractivity contribution in [3.63, 3.8) is 0 Å². The maximum Gasteiger partial charge on any atom is 0.251 e. The first kappa shape index (κ1) is 12.7. The summed E-state index contributed by atoms with van der Waals surface area (Å²) in [6.45, 7) is 0.482. The summed E-state index contributed by atoms with van der Waals surface area (Å²) in [5.74, 6) is 0.385. The van der Waals surface area contributed by atoms with Crippen LogP contribution in [0.3, 0.4) is 0 Å². The van der Waals surface area contributed by atoms with Crippen LogP contribution in [-0.4, -0.2) is 13.0 Å². The fourth-order valence-corrected chi connectivity index (χ4v) is 2.55. The molecule has 1 heterocycles. The SMILES string of the molecule is COC(C(N)=O)c1ccc2c(c1)COc1ccccc1-2. The van der Waals surface area contributed by atoms with Gasteiger partial charge in [-0.1, -0.05) is 30.3 Å². The Morgan fingerprint density at radius 3 is 2.80 bits per heavy atom. The number of ether oxygens (including phenoxy) is 2. The fourth-order valence-electron chi connectivity index (χ4n) is 2.55. The lowest BCUT2D eigenvalue weighted by atomic mass is 9.94. The van der Waals surface area contributed by atoms with Crippen LogP contribution < -0.4 is 10.5 Å². The molecule has 0 aliphatic carbocycles. The van der Waals surface area contributed by atoms with E-state index in [9.17, 15) is 4.79 Å². The number of methoxy groups -OCH3 is 1. The number of primary amides is 1. The van der Waals surface area contributed by atoms with Gasteiger partial charge in [-0.25, -0.2) is 0 Å². The van der Waals surface area contributed by atoms with E-state index in [-0.39, 0.29) is 0 Å². The van der Waals surface area contributed by atoms with Gasteiger partial charge < -0.3 is 15.2 Å². The lowest BCUT2D eigenvalue weighted by molar-refractivity contribution is -0.128. The molecule has 3 rings (SSSR count). The molecule has 0 radical (unpaired) electrons. The van der Waals surface area contributed by atoms with Crippen molar-refractivity contribution in [2.75, 3.05) is 7.11 Å². The number of carbonyl (C=O) groups is 1. The molecule has 4 nitrogen and oxygen atoms in total. The van der Waals surface area contributed by atoms with Crippen molar-refractivity contribution in [3.05, 3.63) is 53.6 Å². The molecule has 1 atom stereocenters. The van der Waals surface area contributed by atoms with E-state index >= 15 is 0 Å². The predicted molar refractivity (Wildman–Crippen MR) is 75.2 cm³/mol. The molecule has 1 aliphatic heterocycles. The molecule has 0 spiro atoms. The van der Waals surface area contributed by atoms with Gasteiger partial charge in [0, 0.05) is 12.7 Å². The number of hydrogen-bond donors (Lipinski definition) is 1. The molecular formula is C16H15NO3. The molecule has 2 aromatic carbocycles. The van der Waals surface area contributed by atoms with E-state index in [4.69, 9.17) is 15.2 Å². The minimum Gasteiger partial charge on any atom is -0.488 e. The quantitative estimate of drug-likeness (QED) is 0.930. The van der Waals surface area contributed by atoms with Gasteiger partial charge in [0.2, 0.25) is 0 Å². The number of amides is 1. The monoisotopic (exact) mass is 269 g/mol. The van der Waals surface area contributed by atoms with Crippen molar-refractivity contribution in [3.8, 4) is 16.9 Å². The zero-order valence-corrected chi connectivity index (χ0v) is 11.1. The summed E-state index contributed by atoms with van der Waals surface area (Å²) in [5, 5.41) is 0. The first-order chi connectivity index (χ1) is 9.70. The molecular weight excluding hydrogens is 254 g/mol. The van der Waals surface area contributed by atoms with Crippen molar-refractivity contribution in [2.45, 2.75) is 12.7 Å². The van der Waals surface area contributed by atoms with Crippen molar-refractivity contribution < 1.29 is 14.3 Å². The number of fused-ring (bicyclic) bond motifs is 3. The molecule has 0 saturated carbocycles. The molecule has 4 heteroatoms. The van der Waals surface area contributed by atoms with E-state index in [1.54, 1.807) is 0 Å². The minimum absolute atomic E-state index is 0.482. The van der Waals surface area contributed by atoms with Gasteiger partial charge in [0.05, 0.1) is 0 Å². The Bertz CT molecular complexity index is 667. The first-order valence-electron chi connectivity index (χ1n) is 6.38. The Balaban J connectivity index is 2.06. The van der Waals surface area contributed by atoms with Gasteiger partial charge in [-0.3, -0.25) is 4.79 Å². The maximum absolute atomic E-state index is 11.4. The third-order valence-electron chi connectivity index (χ3n) is 3.49. The Morgan fingerprint density at radius 2 is 2.05 bits per heavy atom. The lowest BCUT2D eigenvalue weighted by Crippen LogP contribution is -2.23. The normalized spacial score (nSPS) is 13.8. The predicted octanol–water partition coefficient (Wildman–Crippen LogP) is 2.42. The zero-order valence-electron chi connectivity index (χ0n) is 11.1. The van der Waals surface area contributed by atoms with Crippen molar-refractivity contribution in [1.29, 1.82) is 0 Å². The molecule has 1 unspecified atom stereocenters. The molecule has 20 heavy (non-hydrogen) atoms. The summed E-state index contributed by atoms with van der Waals surface area (Å²) in [6.07, 6.45) is -0.725. The second kappa shape index (κ2) is 4.98. The van der Waals surface area contributed by atoms with Crippen molar-refractivity contribution >= 4 is 5.91 Å². The number of rotatable bonds is 3. The van der Waals surface area contributed by atoms with Crippen molar-refractivity contribution in [1.82, 2.24) is 0 Å². The van der Waals surface area contributed by atoms with Gasteiger partial charge >= 0.3 is 0 Å². The van der Waals surface area contributed by atoms with Crippen LogP contribution in [0.25, 0.3) is 11.1 Å². The highest BCUT2D eigenvalue weighted by Crippen LogP contribution is 2.38. The van der Waals surface area contributed by atoms with Crippen LogP contribution in [0.4, 0.5) is 0 Å². The minimum atomic E-state index is -0.725. The number of hydrogen-bond acceptors (Lipinski definition) is 3. The Morgan fingerprint density at radius 1 is 1.25 bits per heavy atom. The number of carbonyl (C=O) groups excluding carboxylic acids is 1. The van der Waals surface area contributed by atoms with Crippen LogP contribution in [0, 0.1) is 0 Å². The lowest BCUT2D eigenvalue weighted by Gasteiger charge is -2.22. The Kier molecular flexibility index (Phi) is 3.16. The molecule has 102 valence electrons. The van der Waals surface area contributed by atoms with Gasteiger partial charge in [-0.2, -0.15) is 0 Å². The van der Waals surface area contributed by atoms with E-state index in [1.807, 2.05) is 42.5 Å². The molecule has 1 aliphatic rings. The Hall–Kier alpha value is -2.33. The average molecular weight is 269 g/mol. The van der Waals surface area contributed by atoms with Gasteiger partial charge in [0.25, 0.3) is 5.91 Å². The van der Waals surface area contributed by atoms with Crippen LogP contribution in [0.15, 0.2) is 42.5 Å². The Labute approximate surface area is 117 Å². The molecule has 0 saturated heterocycles. The van der Waals surface area contributed by atoms with Crippen molar-refractivity contribution in [2.24, 2.45) is 5.73 Å². The second-order valence-electron chi connectivity index (χ2n) is 4.72. The van der Waals surface area contributed by atoms with Crippen LogP contribution in [-0.2, 0) is 16.1 Å². The van der Waals surface area contributed by atoms with E-state index in [0.717, 1.165) is 28.0 Å². The highest BCUT2D eigenvalue weighted by atomic mass is 16.5. The van der Waals surface area contributed by atoms with E-state index in [2.05, 4.69) is 0 Å². The topological polar surface area (TPSA) is 61.5 Å². The van der Waals surface area contributed by atoms with E-state index < -0.39 is 12.0 Å². The fraction of sp³-hybridized carbons (Fsp3) is 0.188. The number of benzene rings is 2. The summed E-state index contributed by atoms with van der Waals surface area (Å²) < 4.78 is 10.9. The summed E-state index contributed by atoms with van der Waals surface area (Å²) in [6, 6.07) is 13.7. The van der Waals surface area contributed by atoms with E-state index in [1.165, 1.54) is 7.11 Å². The molecule has 0 fully saturated rings. The average Bonchev–Trinajstić information content (AvgIpc) is 2.47. The summed E-state index contributed by atoms with van der Waals surface area (Å²) in [7, 11) is 1.47. The van der Waals surface area contributed by atoms with Gasteiger partial charge in [0.1, 0.15) is 12.4 Å². The van der Waals surface area contributed by atoms with Gasteiger partial charge in [0.15, 0.2) is 6.10 Å². The van der Waals surface area contributed by atoms with Crippen LogP contribution >= 0.6 is 0 Å². The summed E-state index contributed by atoms with van der Waals surface area (Å²) >= 11 is 0. The number of para-hydroxylation sites is 1. The van der Waals surface area contributed by atoms with Gasteiger partial charge in [-0.15, -0.1) is 0 Å². The van der Waals surface area contributed by atoms with Gasteiger partial charge in [-0.05, 0) is 28.8 Å². The third kappa shape index (κ3) is 2.04. The zero-order chi connectivity index (χ0) is 14.1. The van der Waals surface area contributed by atoms with Crippen LogP contribution in [0.2, 0.25) is 0 Å². The first-order valence-corrected chi connectivity index (χ1v) is 6.38. The largest absolute Gasteiger partial charge is 0.488 e. The van der Waals surface area contributed by atoms with E-state index in [0.29, 0.717) is 6.61 Å². The third-order valence-corrected chi connectivity index (χ3v) is 3.49. The van der Waals surface area contributed by atoms with Crippen LogP contribution in [0.1, 0.15) is 17.2 Å². The molecule has 2 N–H and O–H groups in total.